The Balaban J connectivity index is 2.31. The van der Waals surface area contributed by atoms with Crippen LogP contribution in [0.3, 0.4) is 0 Å². The molecule has 2 N–H and O–H groups in total. The quantitative estimate of drug-likeness (QED) is 0.442. The van der Waals surface area contributed by atoms with Crippen molar-refractivity contribution in [2.75, 3.05) is 0 Å². The average Bonchev–Trinajstić information content (AvgIpc) is 2.20. The highest BCUT2D eigenvalue weighted by molar-refractivity contribution is 5.79. The lowest BCUT2D eigenvalue weighted by Gasteiger charge is -2.00. The topological polar surface area (TPSA) is 47.6 Å². The first-order valence-corrected chi connectivity index (χ1v) is 4.81. The Kier molecular flexibility index (Phi) is 4.55. The van der Waals surface area contributed by atoms with Gasteiger partial charge in [0.25, 0.3) is 0 Å². The maximum Gasteiger partial charge on any atom is 0.142 e. The first-order valence-electron chi connectivity index (χ1n) is 4.81. The fraction of sp³-hybridized carbons (Fsp3) is 0.364. The third-order valence-corrected chi connectivity index (χ3v) is 1.76. The van der Waals surface area contributed by atoms with Crippen molar-refractivity contribution >= 4 is 5.84 Å². The second kappa shape index (κ2) is 6.02. The molecule has 0 aromatic heterocycles. The van der Waals surface area contributed by atoms with Crippen molar-refractivity contribution in [3.8, 4) is 0 Å². The summed E-state index contributed by atoms with van der Waals surface area (Å²) in [5.74, 6) is 0.559. The van der Waals surface area contributed by atoms with Crippen LogP contribution in [0.15, 0.2) is 35.5 Å². The molecule has 1 aromatic rings. The summed E-state index contributed by atoms with van der Waals surface area (Å²) in [5.41, 5.74) is 6.67. The molecular formula is C11H16N2O. The largest absolute Gasteiger partial charge is 0.390 e. The standard InChI is InChI=1S/C11H16N2O/c1-2-6-11(12)13-14-9-10-7-4-3-5-8-10/h3-5,7-8H,2,6,9H2,1H3,(H2,12,13). The summed E-state index contributed by atoms with van der Waals surface area (Å²) in [6.45, 7) is 2.53. The molecule has 0 aliphatic rings. The minimum atomic E-state index is 0.477. The van der Waals surface area contributed by atoms with Crippen molar-refractivity contribution in [2.45, 2.75) is 26.4 Å². The Labute approximate surface area is 84.6 Å². The van der Waals surface area contributed by atoms with E-state index in [1.165, 1.54) is 0 Å². The molecule has 0 heterocycles. The van der Waals surface area contributed by atoms with Crippen LogP contribution in [-0.2, 0) is 11.4 Å². The second-order valence-electron chi connectivity index (χ2n) is 3.09. The van der Waals surface area contributed by atoms with E-state index in [4.69, 9.17) is 10.6 Å². The van der Waals surface area contributed by atoms with Crippen molar-refractivity contribution in [1.29, 1.82) is 0 Å². The van der Waals surface area contributed by atoms with Gasteiger partial charge in [-0.25, -0.2) is 0 Å². The van der Waals surface area contributed by atoms with Gasteiger partial charge in [0.2, 0.25) is 0 Å². The van der Waals surface area contributed by atoms with Gasteiger partial charge >= 0.3 is 0 Å². The molecule has 3 nitrogen and oxygen atoms in total. The van der Waals surface area contributed by atoms with Gasteiger partial charge in [0.1, 0.15) is 12.4 Å². The van der Waals surface area contributed by atoms with Crippen LogP contribution >= 0.6 is 0 Å². The lowest BCUT2D eigenvalue weighted by Crippen LogP contribution is -2.11. The van der Waals surface area contributed by atoms with E-state index in [1.54, 1.807) is 0 Å². The third kappa shape index (κ3) is 3.94. The Bertz CT molecular complexity index is 283. The van der Waals surface area contributed by atoms with Gasteiger partial charge in [-0.3, -0.25) is 0 Å². The first kappa shape index (κ1) is 10.6. The molecule has 0 spiro atoms. The highest BCUT2D eigenvalue weighted by Crippen LogP contribution is 2.00. The molecule has 1 aromatic carbocycles. The Morgan fingerprint density at radius 3 is 2.71 bits per heavy atom. The summed E-state index contributed by atoms with van der Waals surface area (Å²) in [5, 5.41) is 3.80. The number of hydrogen-bond donors (Lipinski definition) is 1. The minimum absolute atomic E-state index is 0.477. The average molecular weight is 192 g/mol. The SMILES string of the molecule is CCC/C(N)=N/OCc1ccccc1. The fourth-order valence-corrected chi connectivity index (χ4v) is 1.07. The van der Waals surface area contributed by atoms with Gasteiger partial charge in [-0.05, 0) is 12.0 Å². The van der Waals surface area contributed by atoms with Crippen LogP contribution in [0.4, 0.5) is 0 Å². The van der Waals surface area contributed by atoms with Crippen LogP contribution < -0.4 is 5.73 Å². The summed E-state index contributed by atoms with van der Waals surface area (Å²) >= 11 is 0. The molecule has 0 fully saturated rings. The van der Waals surface area contributed by atoms with Gasteiger partial charge in [0, 0.05) is 6.42 Å². The zero-order valence-corrected chi connectivity index (χ0v) is 8.44. The van der Waals surface area contributed by atoms with Gasteiger partial charge in [-0.1, -0.05) is 42.4 Å². The first-order chi connectivity index (χ1) is 6.83. The molecule has 76 valence electrons. The van der Waals surface area contributed by atoms with E-state index < -0.39 is 0 Å². The van der Waals surface area contributed by atoms with Crippen LogP contribution in [0.2, 0.25) is 0 Å². The number of nitrogens with two attached hydrogens (primary N) is 1. The number of nitrogens with zero attached hydrogens (tertiary/aromatic N) is 1. The van der Waals surface area contributed by atoms with Crippen molar-refractivity contribution in [3.63, 3.8) is 0 Å². The van der Waals surface area contributed by atoms with Gasteiger partial charge in [0.15, 0.2) is 0 Å². The van der Waals surface area contributed by atoms with E-state index >= 15 is 0 Å². The second-order valence-corrected chi connectivity index (χ2v) is 3.09. The highest BCUT2D eigenvalue weighted by atomic mass is 16.6. The van der Waals surface area contributed by atoms with Crippen LogP contribution in [0.25, 0.3) is 0 Å². The number of hydrogen-bond acceptors (Lipinski definition) is 2. The van der Waals surface area contributed by atoms with E-state index in [-0.39, 0.29) is 0 Å². The van der Waals surface area contributed by atoms with Crippen molar-refractivity contribution in [1.82, 2.24) is 0 Å². The maximum atomic E-state index is 5.57. The zero-order valence-electron chi connectivity index (χ0n) is 8.44. The number of rotatable bonds is 5. The monoisotopic (exact) mass is 192 g/mol. The predicted octanol–water partition coefficient (Wildman–Crippen LogP) is 2.28. The van der Waals surface area contributed by atoms with Crippen LogP contribution in [0.1, 0.15) is 25.3 Å². The maximum absolute atomic E-state index is 5.57. The number of oxime groups is 1. The molecule has 0 bridgehead atoms. The molecule has 0 atom stereocenters. The zero-order chi connectivity index (χ0) is 10.2. The van der Waals surface area contributed by atoms with Crippen LogP contribution in [-0.4, -0.2) is 5.84 Å². The van der Waals surface area contributed by atoms with Crippen LogP contribution in [0, 0.1) is 0 Å². The summed E-state index contributed by atoms with van der Waals surface area (Å²) in [6, 6.07) is 9.89. The molecule has 1 rings (SSSR count). The molecular weight excluding hydrogens is 176 g/mol. The Morgan fingerprint density at radius 1 is 1.36 bits per heavy atom. The van der Waals surface area contributed by atoms with E-state index in [9.17, 15) is 0 Å². The third-order valence-electron chi connectivity index (χ3n) is 1.76. The van der Waals surface area contributed by atoms with E-state index in [1.807, 2.05) is 30.3 Å². The lowest BCUT2D eigenvalue weighted by atomic mass is 10.2. The number of amidine groups is 1. The van der Waals surface area contributed by atoms with Gasteiger partial charge in [-0.2, -0.15) is 0 Å². The van der Waals surface area contributed by atoms with Crippen molar-refractivity contribution < 1.29 is 4.84 Å². The summed E-state index contributed by atoms with van der Waals surface area (Å²) in [7, 11) is 0. The summed E-state index contributed by atoms with van der Waals surface area (Å²) in [6.07, 6.45) is 1.78. The molecule has 0 saturated heterocycles. The molecule has 0 aliphatic heterocycles. The smallest absolute Gasteiger partial charge is 0.142 e. The molecule has 0 unspecified atom stereocenters. The Morgan fingerprint density at radius 2 is 2.07 bits per heavy atom. The highest BCUT2D eigenvalue weighted by Gasteiger charge is 1.92. The van der Waals surface area contributed by atoms with Gasteiger partial charge < -0.3 is 10.6 Å². The van der Waals surface area contributed by atoms with Crippen LogP contribution in [0.5, 0.6) is 0 Å². The molecule has 3 heteroatoms. The van der Waals surface area contributed by atoms with E-state index in [0.29, 0.717) is 12.4 Å². The van der Waals surface area contributed by atoms with Gasteiger partial charge in [0.05, 0.1) is 0 Å². The molecule has 0 aliphatic carbocycles. The lowest BCUT2D eigenvalue weighted by molar-refractivity contribution is 0.129. The molecule has 0 radical (unpaired) electrons. The molecule has 0 saturated carbocycles. The summed E-state index contributed by atoms with van der Waals surface area (Å²) in [4.78, 5) is 5.10. The molecule has 14 heavy (non-hydrogen) atoms. The summed E-state index contributed by atoms with van der Waals surface area (Å²) < 4.78 is 0. The number of benzene rings is 1. The predicted molar refractivity (Wildman–Crippen MR) is 57.8 cm³/mol. The Hall–Kier alpha value is -1.51. The molecule has 0 amide bonds. The van der Waals surface area contributed by atoms with Gasteiger partial charge in [-0.15, -0.1) is 0 Å². The normalized spacial score (nSPS) is 11.4. The van der Waals surface area contributed by atoms with Crippen molar-refractivity contribution in [3.05, 3.63) is 35.9 Å². The van der Waals surface area contributed by atoms with E-state index in [2.05, 4.69) is 12.1 Å². The minimum Gasteiger partial charge on any atom is -0.390 e. The fourth-order valence-electron chi connectivity index (χ4n) is 1.07. The van der Waals surface area contributed by atoms with E-state index in [0.717, 1.165) is 18.4 Å². The van der Waals surface area contributed by atoms with Crippen molar-refractivity contribution in [2.24, 2.45) is 10.9 Å².